The smallest absolute Gasteiger partial charge is 0.261 e. The monoisotopic (exact) mass is 463 g/mol. The maximum Gasteiger partial charge on any atom is 0.261 e. The molecule has 0 saturated carbocycles. The summed E-state index contributed by atoms with van der Waals surface area (Å²) < 4.78 is 27.9. The van der Waals surface area contributed by atoms with Crippen LogP contribution < -0.4 is 14.9 Å². The van der Waals surface area contributed by atoms with Gasteiger partial charge < -0.3 is 10.2 Å². The highest BCUT2D eigenvalue weighted by atomic mass is 32.2. The van der Waals surface area contributed by atoms with Crippen molar-refractivity contribution >= 4 is 38.9 Å². The minimum absolute atomic E-state index is 0.0390. The third-order valence-corrected chi connectivity index (χ3v) is 7.08. The Morgan fingerprint density at radius 3 is 2.33 bits per heavy atom. The number of nitrogens with one attached hydrogen (secondary N) is 2. The number of rotatable bonds is 6. The van der Waals surface area contributed by atoms with Crippen LogP contribution in [0, 0.1) is 13.8 Å². The Labute approximate surface area is 193 Å². The summed E-state index contributed by atoms with van der Waals surface area (Å²) in [6, 6.07) is 18.3. The molecule has 1 fully saturated rings. The molecule has 2 amide bonds. The second kappa shape index (κ2) is 9.07. The molecule has 170 valence electrons. The van der Waals surface area contributed by atoms with Gasteiger partial charge in [0, 0.05) is 24.2 Å². The number of sulfonamides is 1. The number of hydrogen-bond acceptors (Lipinski definition) is 4. The number of benzene rings is 3. The number of nitrogens with zero attached hydrogens (tertiary/aromatic N) is 1. The molecule has 4 rings (SSSR count). The van der Waals surface area contributed by atoms with Crippen LogP contribution in [-0.4, -0.2) is 26.8 Å². The van der Waals surface area contributed by atoms with Crippen LogP contribution in [0.3, 0.4) is 0 Å². The summed E-state index contributed by atoms with van der Waals surface area (Å²) >= 11 is 0. The third kappa shape index (κ3) is 4.90. The van der Waals surface area contributed by atoms with Crippen LogP contribution >= 0.6 is 0 Å². The number of aryl methyl sites for hydroxylation is 2. The summed E-state index contributed by atoms with van der Waals surface area (Å²) in [5, 5.41) is 2.86. The zero-order chi connectivity index (χ0) is 23.6. The topological polar surface area (TPSA) is 95.6 Å². The molecule has 0 aliphatic carbocycles. The first-order valence-corrected chi connectivity index (χ1v) is 12.1. The predicted molar refractivity (Wildman–Crippen MR) is 129 cm³/mol. The van der Waals surface area contributed by atoms with E-state index in [0.29, 0.717) is 35.6 Å². The largest absolute Gasteiger partial charge is 0.320 e. The fourth-order valence-corrected chi connectivity index (χ4v) is 4.84. The standard InChI is InChI=1S/C25H25N3O4S/c1-17-9-14-21(16-18(17)2)33(31,32)27-20-12-10-19(11-13-20)25(30)26-22-6-3-4-7-23(22)28-15-5-8-24(28)29/h3-4,6-7,9-14,16,27H,5,8,15H2,1-2H3,(H,26,30). The van der Waals surface area contributed by atoms with Crippen molar-refractivity contribution in [3.8, 4) is 0 Å². The van der Waals surface area contributed by atoms with Crippen molar-refractivity contribution < 1.29 is 18.0 Å². The van der Waals surface area contributed by atoms with Crippen LogP contribution in [-0.2, 0) is 14.8 Å². The molecular weight excluding hydrogens is 438 g/mol. The highest BCUT2D eigenvalue weighted by molar-refractivity contribution is 7.92. The average Bonchev–Trinajstić information content (AvgIpc) is 3.21. The quantitative estimate of drug-likeness (QED) is 0.563. The lowest BCUT2D eigenvalue weighted by Crippen LogP contribution is -2.25. The first-order valence-electron chi connectivity index (χ1n) is 10.7. The van der Waals surface area contributed by atoms with Crippen molar-refractivity contribution in [2.24, 2.45) is 0 Å². The molecule has 0 bridgehead atoms. The van der Waals surface area contributed by atoms with Gasteiger partial charge in [-0.25, -0.2) is 8.42 Å². The molecule has 3 aromatic rings. The maximum absolute atomic E-state index is 12.8. The maximum atomic E-state index is 12.8. The molecule has 8 heteroatoms. The third-order valence-electron chi connectivity index (χ3n) is 5.70. The molecule has 0 unspecified atom stereocenters. The number of carbonyl (C=O) groups is 2. The summed E-state index contributed by atoms with van der Waals surface area (Å²) in [6.45, 7) is 4.41. The molecule has 3 aromatic carbocycles. The van der Waals surface area contributed by atoms with E-state index in [-0.39, 0.29) is 16.7 Å². The molecule has 33 heavy (non-hydrogen) atoms. The number of hydrogen-bond donors (Lipinski definition) is 2. The lowest BCUT2D eigenvalue weighted by Gasteiger charge is -2.20. The van der Waals surface area contributed by atoms with Crippen molar-refractivity contribution in [3.63, 3.8) is 0 Å². The second-order valence-electron chi connectivity index (χ2n) is 8.05. The fraction of sp³-hybridized carbons (Fsp3) is 0.200. The van der Waals surface area contributed by atoms with Crippen molar-refractivity contribution in [2.75, 3.05) is 21.5 Å². The Kier molecular flexibility index (Phi) is 6.20. The summed E-state index contributed by atoms with van der Waals surface area (Å²) in [7, 11) is -3.74. The van der Waals surface area contributed by atoms with Crippen molar-refractivity contribution in [3.05, 3.63) is 83.4 Å². The predicted octanol–water partition coefficient (Wildman–Crippen LogP) is 4.48. The number of anilines is 3. The fourth-order valence-electron chi connectivity index (χ4n) is 3.70. The van der Waals surface area contributed by atoms with Gasteiger partial charge in [-0.3, -0.25) is 14.3 Å². The van der Waals surface area contributed by atoms with E-state index < -0.39 is 10.0 Å². The highest BCUT2D eigenvalue weighted by Crippen LogP contribution is 2.30. The van der Waals surface area contributed by atoms with Gasteiger partial charge in [-0.1, -0.05) is 18.2 Å². The van der Waals surface area contributed by atoms with Gasteiger partial charge >= 0.3 is 0 Å². The number of amides is 2. The first-order chi connectivity index (χ1) is 15.7. The van der Waals surface area contributed by atoms with Gasteiger partial charge in [0.1, 0.15) is 0 Å². The molecule has 1 aliphatic heterocycles. The number of carbonyl (C=O) groups excluding carboxylic acids is 2. The van der Waals surface area contributed by atoms with Gasteiger partial charge in [0.25, 0.3) is 15.9 Å². The molecule has 7 nitrogen and oxygen atoms in total. The van der Waals surface area contributed by atoms with Gasteiger partial charge in [0.15, 0.2) is 0 Å². The zero-order valence-corrected chi connectivity index (χ0v) is 19.3. The van der Waals surface area contributed by atoms with Crippen LogP contribution in [0.5, 0.6) is 0 Å². The van der Waals surface area contributed by atoms with Crippen molar-refractivity contribution in [2.45, 2.75) is 31.6 Å². The number of para-hydroxylation sites is 2. The summed E-state index contributed by atoms with van der Waals surface area (Å²) in [5.74, 6) is -0.310. The molecule has 0 spiro atoms. The normalized spacial score (nSPS) is 13.8. The Hall–Kier alpha value is -3.65. The van der Waals surface area contributed by atoms with E-state index in [0.717, 1.165) is 17.5 Å². The van der Waals surface area contributed by atoms with Gasteiger partial charge in [0.2, 0.25) is 5.91 Å². The Balaban J connectivity index is 1.48. The molecule has 1 saturated heterocycles. The molecule has 1 heterocycles. The van der Waals surface area contributed by atoms with Gasteiger partial charge in [-0.15, -0.1) is 0 Å². The first kappa shape index (κ1) is 22.5. The average molecular weight is 464 g/mol. The van der Waals surface area contributed by atoms with E-state index in [4.69, 9.17) is 0 Å². The molecule has 0 radical (unpaired) electrons. The van der Waals surface area contributed by atoms with E-state index in [1.807, 2.05) is 26.0 Å². The summed E-state index contributed by atoms with van der Waals surface area (Å²) in [5.41, 5.74) is 3.85. The highest BCUT2D eigenvalue weighted by Gasteiger charge is 2.24. The summed E-state index contributed by atoms with van der Waals surface area (Å²) in [6.07, 6.45) is 1.29. The molecule has 2 N–H and O–H groups in total. The van der Waals surface area contributed by atoms with Crippen LogP contribution in [0.15, 0.2) is 71.6 Å². The minimum Gasteiger partial charge on any atom is -0.320 e. The minimum atomic E-state index is -3.74. The molecular formula is C25H25N3O4S. The van der Waals surface area contributed by atoms with Crippen molar-refractivity contribution in [1.82, 2.24) is 0 Å². The van der Waals surface area contributed by atoms with E-state index in [1.54, 1.807) is 59.5 Å². The van der Waals surface area contributed by atoms with Crippen LogP contribution in [0.2, 0.25) is 0 Å². The Bertz CT molecular complexity index is 1320. The van der Waals surface area contributed by atoms with Gasteiger partial charge in [-0.05, 0) is 79.9 Å². The van der Waals surface area contributed by atoms with E-state index in [1.165, 1.54) is 0 Å². The van der Waals surface area contributed by atoms with Crippen LogP contribution in [0.1, 0.15) is 34.3 Å². The molecule has 1 aliphatic rings. The second-order valence-corrected chi connectivity index (χ2v) is 9.73. The van der Waals surface area contributed by atoms with E-state index >= 15 is 0 Å². The Morgan fingerprint density at radius 2 is 1.67 bits per heavy atom. The van der Waals surface area contributed by atoms with Crippen molar-refractivity contribution in [1.29, 1.82) is 0 Å². The van der Waals surface area contributed by atoms with Crippen LogP contribution in [0.4, 0.5) is 17.1 Å². The zero-order valence-electron chi connectivity index (χ0n) is 18.5. The Morgan fingerprint density at radius 1 is 0.939 bits per heavy atom. The SMILES string of the molecule is Cc1ccc(S(=O)(=O)Nc2ccc(C(=O)Nc3ccccc3N3CCCC3=O)cc2)cc1C. The lowest BCUT2D eigenvalue weighted by molar-refractivity contribution is -0.117. The van der Waals surface area contributed by atoms with E-state index in [2.05, 4.69) is 10.0 Å². The van der Waals surface area contributed by atoms with Gasteiger partial charge in [0.05, 0.1) is 16.3 Å². The molecule has 0 aromatic heterocycles. The molecule has 0 atom stereocenters. The van der Waals surface area contributed by atoms with E-state index in [9.17, 15) is 18.0 Å². The van der Waals surface area contributed by atoms with Gasteiger partial charge in [-0.2, -0.15) is 0 Å². The van der Waals surface area contributed by atoms with Crippen LogP contribution in [0.25, 0.3) is 0 Å². The summed E-state index contributed by atoms with van der Waals surface area (Å²) in [4.78, 5) is 26.8. The lowest BCUT2D eigenvalue weighted by atomic mass is 10.1.